The molecule has 1 aliphatic rings. The molecule has 4 heteroatoms. The highest BCUT2D eigenvalue weighted by Gasteiger charge is 2.20. The molecule has 1 aromatic rings. The van der Waals surface area contributed by atoms with Crippen LogP contribution in [0.15, 0.2) is 18.2 Å². The van der Waals surface area contributed by atoms with E-state index in [1.807, 2.05) is 19.1 Å². The first-order valence-corrected chi connectivity index (χ1v) is 7.27. The fourth-order valence-electron chi connectivity index (χ4n) is 2.61. The number of benzene rings is 1. The van der Waals surface area contributed by atoms with Crippen LogP contribution in [0.4, 0.5) is 0 Å². The van der Waals surface area contributed by atoms with Gasteiger partial charge in [-0.05, 0) is 56.6 Å². The second kappa shape index (κ2) is 7.26. The Bertz CT molecular complexity index is 572. The molecule has 2 N–H and O–H groups in total. The molecule has 0 bridgehead atoms. The number of hydrogen-bond acceptors (Lipinski definition) is 3. The van der Waals surface area contributed by atoms with Gasteiger partial charge in [-0.1, -0.05) is 11.8 Å². The van der Waals surface area contributed by atoms with Crippen molar-refractivity contribution in [3.05, 3.63) is 34.9 Å². The number of aliphatic hydroxyl groups is 1. The summed E-state index contributed by atoms with van der Waals surface area (Å²) in [7, 11) is 2.11. The SMILES string of the molecule is Cc1cc(C(=O)NCC2CCN(C)C2)ccc1C#CCO. The van der Waals surface area contributed by atoms with Crippen LogP contribution >= 0.6 is 0 Å². The molecule has 0 radical (unpaired) electrons. The molecule has 0 aliphatic carbocycles. The summed E-state index contributed by atoms with van der Waals surface area (Å²) in [5, 5.41) is 11.7. The highest BCUT2D eigenvalue weighted by atomic mass is 16.2. The Morgan fingerprint density at radius 1 is 1.52 bits per heavy atom. The van der Waals surface area contributed by atoms with Crippen molar-refractivity contribution in [3.8, 4) is 11.8 Å². The fraction of sp³-hybridized carbons (Fsp3) is 0.471. The maximum absolute atomic E-state index is 12.2. The first-order chi connectivity index (χ1) is 10.1. The van der Waals surface area contributed by atoms with E-state index in [0.717, 1.165) is 37.2 Å². The maximum atomic E-state index is 12.2. The number of carbonyl (C=O) groups is 1. The summed E-state index contributed by atoms with van der Waals surface area (Å²) < 4.78 is 0. The van der Waals surface area contributed by atoms with Crippen LogP contribution in [-0.2, 0) is 0 Å². The van der Waals surface area contributed by atoms with Gasteiger partial charge in [-0.3, -0.25) is 4.79 Å². The first-order valence-electron chi connectivity index (χ1n) is 7.27. The summed E-state index contributed by atoms with van der Waals surface area (Å²) in [6.45, 7) is 4.66. The molecule has 1 aromatic carbocycles. The van der Waals surface area contributed by atoms with E-state index in [4.69, 9.17) is 5.11 Å². The third-order valence-corrected chi connectivity index (χ3v) is 3.83. The molecule has 0 saturated carbocycles. The number of carbonyl (C=O) groups excluding carboxylic acids is 1. The predicted molar refractivity (Wildman–Crippen MR) is 83.1 cm³/mol. The molecule has 1 heterocycles. The Morgan fingerprint density at radius 3 is 2.95 bits per heavy atom. The predicted octanol–water partition coefficient (Wildman–Crippen LogP) is 1.02. The van der Waals surface area contributed by atoms with Crippen LogP contribution in [0.25, 0.3) is 0 Å². The lowest BCUT2D eigenvalue weighted by Gasteiger charge is -2.12. The third-order valence-electron chi connectivity index (χ3n) is 3.83. The molecular weight excluding hydrogens is 264 g/mol. The number of amides is 1. The van der Waals surface area contributed by atoms with Gasteiger partial charge >= 0.3 is 0 Å². The minimum atomic E-state index is -0.155. The molecule has 4 nitrogen and oxygen atoms in total. The van der Waals surface area contributed by atoms with Crippen molar-refractivity contribution in [3.63, 3.8) is 0 Å². The Hall–Kier alpha value is -1.83. The van der Waals surface area contributed by atoms with E-state index in [1.54, 1.807) is 6.07 Å². The van der Waals surface area contributed by atoms with Gasteiger partial charge in [0, 0.05) is 24.2 Å². The average Bonchev–Trinajstić information content (AvgIpc) is 2.89. The summed E-state index contributed by atoms with van der Waals surface area (Å²) in [6, 6.07) is 5.46. The number of nitrogens with one attached hydrogen (secondary N) is 1. The highest BCUT2D eigenvalue weighted by Crippen LogP contribution is 2.14. The lowest BCUT2D eigenvalue weighted by Crippen LogP contribution is -2.30. The second-order valence-electron chi connectivity index (χ2n) is 5.62. The number of aliphatic hydroxyl groups excluding tert-OH is 1. The van der Waals surface area contributed by atoms with E-state index < -0.39 is 0 Å². The van der Waals surface area contributed by atoms with Gasteiger partial charge in [-0.15, -0.1) is 0 Å². The molecule has 1 unspecified atom stereocenters. The summed E-state index contributed by atoms with van der Waals surface area (Å²) >= 11 is 0. The van der Waals surface area contributed by atoms with Crippen molar-refractivity contribution in [2.75, 3.05) is 33.3 Å². The average molecular weight is 286 g/mol. The third kappa shape index (κ3) is 4.32. The second-order valence-corrected chi connectivity index (χ2v) is 5.62. The van der Waals surface area contributed by atoms with Crippen molar-refractivity contribution >= 4 is 5.91 Å². The summed E-state index contributed by atoms with van der Waals surface area (Å²) in [6.07, 6.45) is 1.14. The van der Waals surface area contributed by atoms with Crippen molar-refractivity contribution in [1.82, 2.24) is 10.2 Å². The van der Waals surface area contributed by atoms with Crippen molar-refractivity contribution in [2.24, 2.45) is 5.92 Å². The zero-order chi connectivity index (χ0) is 15.2. The summed E-state index contributed by atoms with van der Waals surface area (Å²) in [5.41, 5.74) is 2.45. The molecule has 1 atom stereocenters. The quantitative estimate of drug-likeness (QED) is 0.816. The number of aryl methyl sites for hydroxylation is 1. The summed E-state index contributed by atoms with van der Waals surface area (Å²) in [5.74, 6) is 6.01. The van der Waals surface area contributed by atoms with Gasteiger partial charge in [0.15, 0.2) is 0 Å². The van der Waals surface area contributed by atoms with E-state index >= 15 is 0 Å². The van der Waals surface area contributed by atoms with Crippen LogP contribution in [0.2, 0.25) is 0 Å². The molecule has 1 aliphatic heterocycles. The van der Waals surface area contributed by atoms with E-state index in [2.05, 4.69) is 29.1 Å². The van der Waals surface area contributed by atoms with Crippen LogP contribution < -0.4 is 5.32 Å². The highest BCUT2D eigenvalue weighted by molar-refractivity contribution is 5.94. The monoisotopic (exact) mass is 286 g/mol. The van der Waals surface area contributed by atoms with Gasteiger partial charge in [-0.25, -0.2) is 0 Å². The molecule has 2 rings (SSSR count). The van der Waals surface area contributed by atoms with Gasteiger partial charge in [0.05, 0.1) is 0 Å². The van der Waals surface area contributed by atoms with Gasteiger partial charge < -0.3 is 15.3 Å². The van der Waals surface area contributed by atoms with Gasteiger partial charge in [0.2, 0.25) is 0 Å². The largest absolute Gasteiger partial charge is 0.384 e. The lowest BCUT2D eigenvalue weighted by atomic mass is 10.0. The molecule has 112 valence electrons. The van der Waals surface area contributed by atoms with E-state index in [9.17, 15) is 4.79 Å². The molecule has 1 amide bonds. The van der Waals surface area contributed by atoms with Gasteiger partial charge in [0.1, 0.15) is 6.61 Å². The minimum absolute atomic E-state index is 0.0330. The Balaban J connectivity index is 1.94. The van der Waals surface area contributed by atoms with Crippen molar-refractivity contribution in [1.29, 1.82) is 0 Å². The number of nitrogens with zero attached hydrogens (tertiary/aromatic N) is 1. The molecule has 1 fully saturated rings. The molecule has 0 aromatic heterocycles. The van der Waals surface area contributed by atoms with Crippen LogP contribution in [-0.4, -0.2) is 49.2 Å². The Kier molecular flexibility index (Phi) is 5.38. The number of hydrogen-bond donors (Lipinski definition) is 2. The lowest BCUT2D eigenvalue weighted by molar-refractivity contribution is 0.0947. The fourth-order valence-corrected chi connectivity index (χ4v) is 2.61. The van der Waals surface area contributed by atoms with Crippen LogP contribution in [0.5, 0.6) is 0 Å². The minimum Gasteiger partial charge on any atom is -0.384 e. The van der Waals surface area contributed by atoms with Gasteiger partial charge in [0.25, 0.3) is 5.91 Å². The maximum Gasteiger partial charge on any atom is 0.251 e. The van der Waals surface area contributed by atoms with E-state index in [1.165, 1.54) is 0 Å². The number of likely N-dealkylation sites (tertiary alicyclic amines) is 1. The Morgan fingerprint density at radius 2 is 2.33 bits per heavy atom. The van der Waals surface area contributed by atoms with Gasteiger partial charge in [-0.2, -0.15) is 0 Å². The Labute approximate surface area is 126 Å². The van der Waals surface area contributed by atoms with Crippen LogP contribution in [0.1, 0.15) is 27.9 Å². The van der Waals surface area contributed by atoms with Crippen molar-refractivity contribution < 1.29 is 9.90 Å². The van der Waals surface area contributed by atoms with E-state index in [0.29, 0.717) is 11.5 Å². The molecule has 1 saturated heterocycles. The first kappa shape index (κ1) is 15.6. The molecule has 0 spiro atoms. The zero-order valence-corrected chi connectivity index (χ0v) is 12.6. The zero-order valence-electron chi connectivity index (χ0n) is 12.6. The molecular formula is C17H22N2O2. The van der Waals surface area contributed by atoms with Crippen LogP contribution in [0.3, 0.4) is 0 Å². The standard InChI is InChI=1S/C17H22N2O2/c1-13-10-16(6-5-15(13)4-3-9-20)17(21)18-11-14-7-8-19(2)12-14/h5-6,10,14,20H,7-9,11-12H2,1-2H3,(H,18,21). The smallest absolute Gasteiger partial charge is 0.251 e. The van der Waals surface area contributed by atoms with E-state index in [-0.39, 0.29) is 12.5 Å². The normalized spacial score (nSPS) is 18.1. The van der Waals surface area contributed by atoms with Crippen molar-refractivity contribution in [2.45, 2.75) is 13.3 Å². The number of rotatable bonds is 3. The summed E-state index contributed by atoms with van der Waals surface area (Å²) in [4.78, 5) is 14.4. The topological polar surface area (TPSA) is 52.6 Å². The van der Waals surface area contributed by atoms with Crippen LogP contribution in [0, 0.1) is 24.7 Å². The molecule has 21 heavy (non-hydrogen) atoms.